The van der Waals surface area contributed by atoms with Crippen molar-refractivity contribution in [3.8, 4) is 0 Å². The summed E-state index contributed by atoms with van der Waals surface area (Å²) in [6.45, 7) is 5.46. The Bertz CT molecular complexity index is 142. The molecule has 4 heteroatoms. The van der Waals surface area contributed by atoms with E-state index in [4.69, 9.17) is 5.73 Å². The summed E-state index contributed by atoms with van der Waals surface area (Å²) >= 11 is 1.68. The Kier molecular flexibility index (Phi) is 8.24. The van der Waals surface area contributed by atoms with Gasteiger partial charge in [0.25, 0.3) is 0 Å². The minimum atomic E-state index is 0.124. The molecule has 0 aliphatic heterocycles. The molecule has 1 amide bonds. The number of carbonyl (C=O) groups excluding carboxylic acids is 1. The van der Waals surface area contributed by atoms with Gasteiger partial charge in [0.05, 0.1) is 5.75 Å². The molecule has 0 aromatic carbocycles. The van der Waals surface area contributed by atoms with E-state index in [2.05, 4.69) is 12.2 Å². The zero-order chi connectivity index (χ0) is 10.1. The predicted octanol–water partition coefficient (Wildman–Crippen LogP) is 0.841. The molecule has 0 spiro atoms. The first kappa shape index (κ1) is 12.8. The van der Waals surface area contributed by atoms with Crippen LogP contribution in [-0.4, -0.2) is 30.5 Å². The summed E-state index contributed by atoms with van der Waals surface area (Å²) in [6.07, 6.45) is 1.12. The number of hydrogen-bond donors (Lipinski definition) is 2. The zero-order valence-electron chi connectivity index (χ0n) is 8.51. The smallest absolute Gasteiger partial charge is 0.230 e. The fourth-order valence-electron chi connectivity index (χ4n) is 0.732. The topological polar surface area (TPSA) is 55.1 Å². The number of nitrogens with two attached hydrogens (primary N) is 1. The largest absolute Gasteiger partial charge is 0.355 e. The molecule has 1 unspecified atom stereocenters. The Hall–Kier alpha value is -0.220. The van der Waals surface area contributed by atoms with E-state index < -0.39 is 0 Å². The highest BCUT2D eigenvalue weighted by Gasteiger charge is 2.03. The molecule has 0 heterocycles. The Morgan fingerprint density at radius 2 is 2.31 bits per heavy atom. The first-order chi connectivity index (χ1) is 6.20. The first-order valence-electron chi connectivity index (χ1n) is 4.75. The van der Waals surface area contributed by atoms with Gasteiger partial charge in [0.1, 0.15) is 0 Å². The van der Waals surface area contributed by atoms with Crippen LogP contribution in [-0.2, 0) is 4.79 Å². The van der Waals surface area contributed by atoms with Gasteiger partial charge in [0, 0.05) is 6.54 Å². The van der Waals surface area contributed by atoms with Gasteiger partial charge in [-0.3, -0.25) is 4.79 Å². The molecule has 0 rings (SSSR count). The maximum atomic E-state index is 11.2. The second-order valence-corrected chi connectivity index (χ2v) is 4.30. The second kappa shape index (κ2) is 8.38. The van der Waals surface area contributed by atoms with Crippen LogP contribution in [0.15, 0.2) is 0 Å². The van der Waals surface area contributed by atoms with Gasteiger partial charge in [-0.25, -0.2) is 0 Å². The van der Waals surface area contributed by atoms with Crippen LogP contribution >= 0.6 is 11.8 Å². The third kappa shape index (κ3) is 8.12. The Labute approximate surface area is 84.8 Å². The number of amides is 1. The summed E-state index contributed by atoms with van der Waals surface area (Å²) in [4.78, 5) is 11.2. The molecule has 0 radical (unpaired) electrons. The van der Waals surface area contributed by atoms with Crippen LogP contribution in [0.3, 0.4) is 0 Å². The van der Waals surface area contributed by atoms with Crippen molar-refractivity contribution >= 4 is 17.7 Å². The monoisotopic (exact) mass is 204 g/mol. The summed E-state index contributed by atoms with van der Waals surface area (Å²) in [5, 5.41) is 2.85. The maximum absolute atomic E-state index is 11.2. The summed E-state index contributed by atoms with van der Waals surface area (Å²) < 4.78 is 0. The molecule has 0 aliphatic rings. The number of carbonyl (C=O) groups is 1. The molecule has 1 atom stereocenters. The van der Waals surface area contributed by atoms with Crippen molar-refractivity contribution < 1.29 is 4.79 Å². The highest BCUT2D eigenvalue weighted by Crippen LogP contribution is 2.00. The van der Waals surface area contributed by atoms with Crippen LogP contribution in [0.5, 0.6) is 0 Å². The lowest BCUT2D eigenvalue weighted by atomic mass is 10.2. The van der Waals surface area contributed by atoms with Gasteiger partial charge in [-0.1, -0.05) is 13.8 Å². The van der Waals surface area contributed by atoms with Crippen molar-refractivity contribution in [2.75, 3.05) is 24.6 Å². The third-order valence-corrected chi connectivity index (χ3v) is 2.79. The number of rotatable bonds is 7. The third-order valence-electron chi connectivity index (χ3n) is 1.63. The van der Waals surface area contributed by atoms with Gasteiger partial charge in [-0.15, -0.1) is 0 Å². The average Bonchev–Trinajstić information content (AvgIpc) is 2.14. The molecule has 0 aromatic heterocycles. The molecule has 3 N–H and O–H groups in total. The number of thioether (sulfide) groups is 1. The quantitative estimate of drug-likeness (QED) is 0.604. The first-order valence-corrected chi connectivity index (χ1v) is 5.90. The van der Waals surface area contributed by atoms with Gasteiger partial charge in [-0.2, -0.15) is 11.8 Å². The maximum Gasteiger partial charge on any atom is 0.230 e. The lowest BCUT2D eigenvalue weighted by Crippen LogP contribution is -2.32. The van der Waals surface area contributed by atoms with E-state index in [-0.39, 0.29) is 5.91 Å². The van der Waals surface area contributed by atoms with E-state index in [0.29, 0.717) is 24.8 Å². The van der Waals surface area contributed by atoms with Gasteiger partial charge in [-0.05, 0) is 24.6 Å². The van der Waals surface area contributed by atoms with Crippen molar-refractivity contribution in [2.45, 2.75) is 20.3 Å². The van der Waals surface area contributed by atoms with Crippen molar-refractivity contribution in [3.05, 3.63) is 0 Å². The van der Waals surface area contributed by atoms with Crippen LogP contribution in [0, 0.1) is 5.92 Å². The van der Waals surface area contributed by atoms with E-state index in [1.807, 2.05) is 6.92 Å². The molecule has 3 nitrogen and oxygen atoms in total. The fourth-order valence-corrected chi connectivity index (χ4v) is 1.45. The highest BCUT2D eigenvalue weighted by molar-refractivity contribution is 7.99. The van der Waals surface area contributed by atoms with Gasteiger partial charge < -0.3 is 11.1 Å². The normalized spacial score (nSPS) is 12.5. The summed E-state index contributed by atoms with van der Waals surface area (Å²) in [5.41, 5.74) is 5.42. The minimum absolute atomic E-state index is 0.124. The number of nitrogens with one attached hydrogen (secondary N) is 1. The van der Waals surface area contributed by atoms with Crippen molar-refractivity contribution in [1.29, 1.82) is 0 Å². The van der Waals surface area contributed by atoms with E-state index in [1.165, 1.54) is 0 Å². The molecule has 78 valence electrons. The van der Waals surface area contributed by atoms with Gasteiger partial charge in [0.2, 0.25) is 5.91 Å². The summed E-state index contributed by atoms with van der Waals surface area (Å²) in [5.74, 6) is 2.13. The molecule has 0 aromatic rings. The number of hydrogen-bond acceptors (Lipinski definition) is 3. The average molecular weight is 204 g/mol. The molecule has 13 heavy (non-hydrogen) atoms. The molecular weight excluding hydrogens is 184 g/mol. The minimum Gasteiger partial charge on any atom is -0.355 e. The van der Waals surface area contributed by atoms with E-state index in [1.54, 1.807) is 11.8 Å². The predicted molar refractivity (Wildman–Crippen MR) is 58.8 cm³/mol. The van der Waals surface area contributed by atoms with Crippen LogP contribution in [0.4, 0.5) is 0 Å². The lowest BCUT2D eigenvalue weighted by molar-refractivity contribution is -0.118. The Balaban J connectivity index is 3.30. The lowest BCUT2D eigenvalue weighted by Gasteiger charge is -2.09. The molecule has 0 saturated carbocycles. The Morgan fingerprint density at radius 1 is 1.62 bits per heavy atom. The van der Waals surface area contributed by atoms with Crippen LogP contribution in [0.25, 0.3) is 0 Å². The van der Waals surface area contributed by atoms with E-state index >= 15 is 0 Å². The molecule has 0 saturated heterocycles. The van der Waals surface area contributed by atoms with E-state index in [0.717, 1.165) is 12.2 Å². The highest BCUT2D eigenvalue weighted by atomic mass is 32.2. The summed E-state index contributed by atoms with van der Waals surface area (Å²) in [7, 11) is 0. The molecular formula is C9H20N2OS. The second-order valence-electron chi connectivity index (χ2n) is 3.20. The van der Waals surface area contributed by atoms with Crippen molar-refractivity contribution in [3.63, 3.8) is 0 Å². The molecule has 0 fully saturated rings. The standard InChI is InChI=1S/C9H20N2OS/c1-3-4-13-7-9(12)11-6-8(2)5-10/h8H,3-7,10H2,1-2H3,(H,11,12). The SMILES string of the molecule is CCCSCC(=O)NCC(C)CN. The fraction of sp³-hybridized carbons (Fsp3) is 0.889. The zero-order valence-corrected chi connectivity index (χ0v) is 9.32. The molecule has 0 aliphatic carbocycles. The van der Waals surface area contributed by atoms with Crippen LogP contribution in [0.1, 0.15) is 20.3 Å². The summed E-state index contributed by atoms with van der Waals surface area (Å²) in [6, 6.07) is 0. The Morgan fingerprint density at radius 3 is 2.85 bits per heavy atom. The van der Waals surface area contributed by atoms with Crippen LogP contribution < -0.4 is 11.1 Å². The van der Waals surface area contributed by atoms with Crippen LogP contribution in [0.2, 0.25) is 0 Å². The van der Waals surface area contributed by atoms with E-state index in [9.17, 15) is 4.79 Å². The molecule has 0 bridgehead atoms. The van der Waals surface area contributed by atoms with Gasteiger partial charge >= 0.3 is 0 Å². The van der Waals surface area contributed by atoms with Crippen molar-refractivity contribution in [1.82, 2.24) is 5.32 Å². The van der Waals surface area contributed by atoms with Gasteiger partial charge in [0.15, 0.2) is 0 Å². The van der Waals surface area contributed by atoms with Crippen molar-refractivity contribution in [2.24, 2.45) is 11.7 Å².